The first-order chi connectivity index (χ1) is 9.65. The lowest BCUT2D eigenvalue weighted by atomic mass is 10.0. The Balaban J connectivity index is 2.09. The molecule has 0 spiro atoms. The molecular weight excluding hydrogens is 258 g/mol. The summed E-state index contributed by atoms with van der Waals surface area (Å²) in [5, 5.41) is 4.11. The van der Waals surface area contributed by atoms with Crippen molar-refractivity contribution in [3.63, 3.8) is 0 Å². The van der Waals surface area contributed by atoms with E-state index in [9.17, 15) is 9.59 Å². The number of Topliss-reactive ketones (excluding diaryl/α,β-unsaturated/α-hetero) is 1. The highest BCUT2D eigenvalue weighted by molar-refractivity contribution is 5.81. The summed E-state index contributed by atoms with van der Waals surface area (Å²) >= 11 is 0. The first-order valence-electron chi connectivity index (χ1n) is 7.08. The fourth-order valence-corrected chi connectivity index (χ4v) is 2.37. The molecule has 0 N–H and O–H groups in total. The SMILES string of the molecule is CCN(CC)c1cnn(CC(=O)C2CCOC2)c(=O)c1. The Labute approximate surface area is 118 Å². The van der Waals surface area contributed by atoms with E-state index in [1.165, 1.54) is 4.68 Å². The molecule has 1 aliphatic heterocycles. The van der Waals surface area contributed by atoms with Crippen LogP contribution >= 0.6 is 0 Å². The first-order valence-corrected chi connectivity index (χ1v) is 7.08. The summed E-state index contributed by atoms with van der Waals surface area (Å²) < 4.78 is 6.42. The van der Waals surface area contributed by atoms with Crippen LogP contribution in [0.4, 0.5) is 5.69 Å². The predicted octanol–water partition coefficient (Wildman–Crippen LogP) is 0.695. The number of nitrogens with zero attached hydrogens (tertiary/aromatic N) is 3. The summed E-state index contributed by atoms with van der Waals surface area (Å²) in [6.07, 6.45) is 2.39. The topological polar surface area (TPSA) is 64.4 Å². The van der Waals surface area contributed by atoms with E-state index in [0.29, 0.717) is 13.2 Å². The van der Waals surface area contributed by atoms with E-state index >= 15 is 0 Å². The second-order valence-electron chi connectivity index (χ2n) is 4.91. The van der Waals surface area contributed by atoms with Crippen molar-refractivity contribution < 1.29 is 9.53 Å². The molecule has 1 aliphatic rings. The molecule has 0 bridgehead atoms. The molecule has 6 heteroatoms. The Hall–Kier alpha value is -1.69. The van der Waals surface area contributed by atoms with E-state index in [-0.39, 0.29) is 23.8 Å². The van der Waals surface area contributed by atoms with E-state index in [1.807, 2.05) is 18.7 Å². The molecule has 1 unspecified atom stereocenters. The second-order valence-corrected chi connectivity index (χ2v) is 4.91. The largest absolute Gasteiger partial charge is 0.381 e. The molecule has 20 heavy (non-hydrogen) atoms. The van der Waals surface area contributed by atoms with Crippen molar-refractivity contribution in [2.75, 3.05) is 31.2 Å². The summed E-state index contributed by atoms with van der Waals surface area (Å²) in [5.41, 5.74) is 0.564. The van der Waals surface area contributed by atoms with Gasteiger partial charge in [0.15, 0.2) is 5.78 Å². The monoisotopic (exact) mass is 279 g/mol. The van der Waals surface area contributed by atoms with Crippen LogP contribution in [0.1, 0.15) is 20.3 Å². The molecule has 0 saturated carbocycles. The Morgan fingerprint density at radius 3 is 2.80 bits per heavy atom. The molecule has 1 atom stereocenters. The van der Waals surface area contributed by atoms with Crippen LogP contribution in [0.3, 0.4) is 0 Å². The van der Waals surface area contributed by atoms with Gasteiger partial charge in [-0.1, -0.05) is 0 Å². The van der Waals surface area contributed by atoms with Crippen molar-refractivity contribution >= 4 is 11.5 Å². The maximum absolute atomic E-state index is 12.0. The van der Waals surface area contributed by atoms with E-state index < -0.39 is 0 Å². The van der Waals surface area contributed by atoms with Gasteiger partial charge in [-0.3, -0.25) is 9.59 Å². The molecule has 0 aliphatic carbocycles. The van der Waals surface area contributed by atoms with Gasteiger partial charge in [-0.15, -0.1) is 0 Å². The average Bonchev–Trinajstić information content (AvgIpc) is 2.97. The number of carbonyl (C=O) groups excluding carboxylic acids is 1. The third-order valence-corrected chi connectivity index (χ3v) is 3.67. The molecule has 0 radical (unpaired) electrons. The molecule has 6 nitrogen and oxygen atoms in total. The van der Waals surface area contributed by atoms with Crippen molar-refractivity contribution in [1.29, 1.82) is 0 Å². The molecule has 1 fully saturated rings. The summed E-state index contributed by atoms with van der Waals surface area (Å²) in [4.78, 5) is 26.1. The van der Waals surface area contributed by atoms with E-state index in [4.69, 9.17) is 4.74 Å². The van der Waals surface area contributed by atoms with E-state index in [1.54, 1.807) is 12.3 Å². The molecule has 2 heterocycles. The van der Waals surface area contributed by atoms with Crippen LogP contribution in [0.15, 0.2) is 17.1 Å². The van der Waals surface area contributed by atoms with Crippen molar-refractivity contribution in [1.82, 2.24) is 9.78 Å². The van der Waals surface area contributed by atoms with Gasteiger partial charge in [-0.05, 0) is 20.3 Å². The maximum Gasteiger partial charge on any atom is 0.269 e. The molecule has 2 rings (SSSR count). The standard InChI is InChI=1S/C14H21N3O3/c1-3-16(4-2)12-7-14(19)17(15-8-12)9-13(18)11-5-6-20-10-11/h7-8,11H,3-6,9-10H2,1-2H3. The summed E-state index contributed by atoms with van der Waals surface area (Å²) in [5.74, 6) is -0.0705. The molecule has 1 aromatic rings. The van der Waals surface area contributed by atoms with Crippen molar-refractivity contribution in [3.05, 3.63) is 22.6 Å². The zero-order chi connectivity index (χ0) is 14.5. The van der Waals surface area contributed by atoms with Gasteiger partial charge in [-0.2, -0.15) is 5.10 Å². The average molecular weight is 279 g/mol. The maximum atomic E-state index is 12.0. The van der Waals surface area contributed by atoms with Crippen LogP contribution in [0.25, 0.3) is 0 Å². The highest BCUT2D eigenvalue weighted by Gasteiger charge is 2.24. The Bertz CT molecular complexity index is 517. The molecular formula is C14H21N3O3. The van der Waals surface area contributed by atoms with Crippen LogP contribution in [-0.2, 0) is 16.1 Å². The number of rotatable bonds is 6. The fourth-order valence-electron chi connectivity index (χ4n) is 2.37. The minimum Gasteiger partial charge on any atom is -0.381 e. The van der Waals surface area contributed by atoms with Crippen molar-refractivity contribution in [2.24, 2.45) is 5.92 Å². The van der Waals surface area contributed by atoms with Crippen LogP contribution in [0.2, 0.25) is 0 Å². The third-order valence-electron chi connectivity index (χ3n) is 3.67. The molecule has 1 saturated heterocycles. The highest BCUT2D eigenvalue weighted by Crippen LogP contribution is 2.14. The molecule has 0 amide bonds. The smallest absolute Gasteiger partial charge is 0.269 e. The molecule has 110 valence electrons. The van der Waals surface area contributed by atoms with E-state index in [2.05, 4.69) is 5.10 Å². The van der Waals surface area contributed by atoms with Crippen molar-refractivity contribution in [2.45, 2.75) is 26.8 Å². The summed E-state index contributed by atoms with van der Waals surface area (Å²) in [6.45, 7) is 6.81. The van der Waals surface area contributed by atoms with Crippen LogP contribution in [-0.4, -0.2) is 41.9 Å². The predicted molar refractivity (Wildman–Crippen MR) is 76.0 cm³/mol. The molecule has 1 aromatic heterocycles. The first kappa shape index (κ1) is 14.7. The van der Waals surface area contributed by atoms with E-state index in [0.717, 1.165) is 25.2 Å². The van der Waals surface area contributed by atoms with Gasteiger partial charge in [0, 0.05) is 31.7 Å². The Morgan fingerprint density at radius 1 is 1.50 bits per heavy atom. The lowest BCUT2D eigenvalue weighted by molar-refractivity contribution is -0.123. The zero-order valence-corrected chi connectivity index (χ0v) is 12.0. The number of ether oxygens (including phenoxy) is 1. The van der Waals surface area contributed by atoms with Gasteiger partial charge in [0.2, 0.25) is 0 Å². The van der Waals surface area contributed by atoms with Gasteiger partial charge in [0.1, 0.15) is 6.54 Å². The van der Waals surface area contributed by atoms with Gasteiger partial charge in [-0.25, -0.2) is 4.68 Å². The van der Waals surface area contributed by atoms with Gasteiger partial charge in [0.05, 0.1) is 18.5 Å². The van der Waals surface area contributed by atoms with Crippen molar-refractivity contribution in [3.8, 4) is 0 Å². The highest BCUT2D eigenvalue weighted by atomic mass is 16.5. The lowest BCUT2D eigenvalue weighted by Crippen LogP contribution is -2.31. The Morgan fingerprint density at radius 2 is 2.25 bits per heavy atom. The zero-order valence-electron chi connectivity index (χ0n) is 12.0. The second kappa shape index (κ2) is 6.65. The number of carbonyl (C=O) groups is 1. The minimum absolute atomic E-state index is 0.0210. The van der Waals surface area contributed by atoms with Gasteiger partial charge < -0.3 is 9.64 Å². The van der Waals surface area contributed by atoms with Gasteiger partial charge >= 0.3 is 0 Å². The number of hydrogen-bond acceptors (Lipinski definition) is 5. The summed E-state index contributed by atoms with van der Waals surface area (Å²) in [7, 11) is 0. The molecule has 0 aromatic carbocycles. The number of ketones is 1. The van der Waals surface area contributed by atoms with Crippen LogP contribution in [0, 0.1) is 5.92 Å². The normalized spacial score (nSPS) is 18.2. The quantitative estimate of drug-likeness (QED) is 0.767. The fraction of sp³-hybridized carbons (Fsp3) is 0.643. The third kappa shape index (κ3) is 3.25. The number of hydrogen-bond donors (Lipinski definition) is 0. The number of aromatic nitrogens is 2. The lowest BCUT2D eigenvalue weighted by Gasteiger charge is -2.20. The summed E-state index contributed by atoms with van der Waals surface area (Å²) in [6, 6.07) is 1.54. The van der Waals surface area contributed by atoms with Crippen LogP contribution in [0.5, 0.6) is 0 Å². The number of anilines is 1. The minimum atomic E-state index is -0.235. The van der Waals surface area contributed by atoms with Gasteiger partial charge in [0.25, 0.3) is 5.56 Å². The van der Waals surface area contributed by atoms with Crippen LogP contribution < -0.4 is 10.5 Å². The Kier molecular flexibility index (Phi) is 4.89.